The van der Waals surface area contributed by atoms with E-state index in [1.807, 2.05) is 11.8 Å². The predicted octanol–water partition coefficient (Wildman–Crippen LogP) is 2.60. The van der Waals surface area contributed by atoms with Crippen LogP contribution in [0.2, 0.25) is 0 Å². The van der Waals surface area contributed by atoms with Crippen LogP contribution in [-0.4, -0.2) is 45.6 Å². The summed E-state index contributed by atoms with van der Waals surface area (Å²) in [4.78, 5) is 14.0. The third kappa shape index (κ3) is 2.29. The van der Waals surface area contributed by atoms with Gasteiger partial charge in [-0.3, -0.25) is 9.69 Å². The molecule has 0 radical (unpaired) electrons. The Kier molecular flexibility index (Phi) is 3.85. The summed E-state index contributed by atoms with van der Waals surface area (Å²) in [5.41, 5.74) is 0. The summed E-state index contributed by atoms with van der Waals surface area (Å²) < 4.78 is 0. The Morgan fingerprint density at radius 1 is 1.17 bits per heavy atom. The van der Waals surface area contributed by atoms with Crippen molar-refractivity contribution in [2.75, 3.05) is 11.5 Å². The molecular formula is C14H23NO2S. The molecule has 0 aromatic rings. The number of carbonyl (C=O) groups is 1. The molecule has 3 nitrogen and oxygen atoms in total. The maximum absolute atomic E-state index is 11.5. The van der Waals surface area contributed by atoms with Crippen LogP contribution in [0.15, 0.2) is 0 Å². The molecule has 0 amide bonds. The van der Waals surface area contributed by atoms with Gasteiger partial charge in [-0.25, -0.2) is 0 Å². The van der Waals surface area contributed by atoms with E-state index in [1.54, 1.807) is 0 Å². The van der Waals surface area contributed by atoms with E-state index < -0.39 is 5.97 Å². The number of likely N-dealkylation sites (tertiary alicyclic amines) is 1. The molecule has 0 aromatic heterocycles. The highest BCUT2D eigenvalue weighted by Crippen LogP contribution is 2.42. The lowest BCUT2D eigenvalue weighted by molar-refractivity contribution is -0.143. The summed E-state index contributed by atoms with van der Waals surface area (Å²) in [5.74, 6) is 2.48. The van der Waals surface area contributed by atoms with Crippen molar-refractivity contribution in [1.82, 2.24) is 4.90 Å². The minimum Gasteiger partial charge on any atom is -0.480 e. The van der Waals surface area contributed by atoms with Crippen molar-refractivity contribution in [3.05, 3.63) is 0 Å². The second-order valence-electron chi connectivity index (χ2n) is 6.02. The number of carboxylic acid groups (broad SMARTS) is 1. The summed E-state index contributed by atoms with van der Waals surface area (Å²) in [6, 6.07) is 0.906. The molecule has 3 rings (SSSR count). The monoisotopic (exact) mass is 269 g/mol. The molecule has 2 saturated heterocycles. The van der Waals surface area contributed by atoms with Gasteiger partial charge in [0.15, 0.2) is 0 Å². The SMILES string of the molecule is O=C(O)C1CC2CCCCC2N1C1CCCSC1. The van der Waals surface area contributed by atoms with Crippen molar-refractivity contribution in [3.63, 3.8) is 0 Å². The highest BCUT2D eigenvalue weighted by molar-refractivity contribution is 7.99. The van der Waals surface area contributed by atoms with Gasteiger partial charge in [-0.2, -0.15) is 11.8 Å². The second kappa shape index (κ2) is 5.41. The first kappa shape index (κ1) is 12.8. The Balaban J connectivity index is 1.79. The molecule has 0 spiro atoms. The summed E-state index contributed by atoms with van der Waals surface area (Å²) in [5, 5.41) is 9.51. The van der Waals surface area contributed by atoms with Gasteiger partial charge in [0.25, 0.3) is 0 Å². The van der Waals surface area contributed by atoms with E-state index in [4.69, 9.17) is 0 Å². The molecule has 18 heavy (non-hydrogen) atoms. The molecule has 2 heterocycles. The number of carboxylic acids is 1. The van der Waals surface area contributed by atoms with Gasteiger partial charge in [-0.05, 0) is 43.8 Å². The number of hydrogen-bond donors (Lipinski definition) is 1. The van der Waals surface area contributed by atoms with Gasteiger partial charge < -0.3 is 5.11 Å². The lowest BCUT2D eigenvalue weighted by Crippen LogP contribution is -2.50. The third-order valence-corrected chi connectivity index (χ3v) is 6.18. The molecule has 4 atom stereocenters. The molecule has 1 aliphatic carbocycles. The first-order valence-electron chi connectivity index (χ1n) is 7.35. The maximum atomic E-state index is 11.5. The van der Waals surface area contributed by atoms with Gasteiger partial charge in [-0.15, -0.1) is 0 Å². The van der Waals surface area contributed by atoms with E-state index >= 15 is 0 Å². The summed E-state index contributed by atoms with van der Waals surface area (Å²) in [6.45, 7) is 0. The van der Waals surface area contributed by atoms with E-state index in [2.05, 4.69) is 4.90 Å². The van der Waals surface area contributed by atoms with Crippen molar-refractivity contribution >= 4 is 17.7 Å². The number of rotatable bonds is 2. The second-order valence-corrected chi connectivity index (χ2v) is 7.17. The molecule has 4 heteroatoms. The normalized spacial score (nSPS) is 41.6. The minimum atomic E-state index is -0.583. The van der Waals surface area contributed by atoms with E-state index in [0.29, 0.717) is 18.0 Å². The molecule has 1 saturated carbocycles. The van der Waals surface area contributed by atoms with Crippen molar-refractivity contribution < 1.29 is 9.90 Å². The van der Waals surface area contributed by atoms with Gasteiger partial charge in [0.2, 0.25) is 0 Å². The lowest BCUT2D eigenvalue weighted by Gasteiger charge is -2.40. The van der Waals surface area contributed by atoms with E-state index in [0.717, 1.165) is 12.2 Å². The van der Waals surface area contributed by atoms with Crippen molar-refractivity contribution in [1.29, 1.82) is 0 Å². The Morgan fingerprint density at radius 2 is 2.00 bits per heavy atom. The maximum Gasteiger partial charge on any atom is 0.320 e. The molecular weight excluding hydrogens is 246 g/mol. The van der Waals surface area contributed by atoms with Crippen LogP contribution in [0.4, 0.5) is 0 Å². The van der Waals surface area contributed by atoms with Crippen LogP contribution < -0.4 is 0 Å². The third-order valence-electron chi connectivity index (χ3n) is 4.98. The van der Waals surface area contributed by atoms with Crippen molar-refractivity contribution in [2.24, 2.45) is 5.92 Å². The fraction of sp³-hybridized carbons (Fsp3) is 0.929. The van der Waals surface area contributed by atoms with Crippen LogP contribution in [0.3, 0.4) is 0 Å². The Labute approximate surface area is 113 Å². The van der Waals surface area contributed by atoms with E-state index in [9.17, 15) is 9.90 Å². The van der Waals surface area contributed by atoms with Crippen LogP contribution >= 0.6 is 11.8 Å². The molecule has 2 aliphatic heterocycles. The lowest BCUT2D eigenvalue weighted by atomic mass is 9.84. The molecule has 1 N–H and O–H groups in total. The highest BCUT2D eigenvalue weighted by Gasteiger charge is 2.47. The van der Waals surface area contributed by atoms with Crippen LogP contribution in [0.1, 0.15) is 44.9 Å². The minimum absolute atomic E-state index is 0.193. The fourth-order valence-electron chi connectivity index (χ4n) is 4.21. The molecule has 3 fully saturated rings. The van der Waals surface area contributed by atoms with Gasteiger partial charge >= 0.3 is 5.97 Å². The quantitative estimate of drug-likeness (QED) is 0.836. The molecule has 102 valence electrons. The van der Waals surface area contributed by atoms with Crippen LogP contribution in [0.5, 0.6) is 0 Å². The Morgan fingerprint density at radius 3 is 2.72 bits per heavy atom. The van der Waals surface area contributed by atoms with Crippen LogP contribution in [-0.2, 0) is 4.79 Å². The number of fused-ring (bicyclic) bond motifs is 1. The summed E-state index contributed by atoms with van der Waals surface area (Å²) in [6.07, 6.45) is 8.46. The molecule has 0 aromatic carbocycles. The average molecular weight is 269 g/mol. The highest BCUT2D eigenvalue weighted by atomic mass is 32.2. The predicted molar refractivity (Wildman–Crippen MR) is 74.0 cm³/mol. The Hall–Kier alpha value is -0.220. The number of thioether (sulfide) groups is 1. The average Bonchev–Trinajstić information content (AvgIpc) is 2.79. The van der Waals surface area contributed by atoms with Gasteiger partial charge in [0, 0.05) is 17.8 Å². The zero-order valence-electron chi connectivity index (χ0n) is 10.9. The van der Waals surface area contributed by atoms with Gasteiger partial charge in [-0.1, -0.05) is 12.8 Å². The van der Waals surface area contributed by atoms with Crippen molar-refractivity contribution in [2.45, 2.75) is 63.1 Å². The number of hydrogen-bond acceptors (Lipinski definition) is 3. The van der Waals surface area contributed by atoms with Gasteiger partial charge in [0.1, 0.15) is 6.04 Å². The standard InChI is InChI=1S/C14H23NO2S/c16-14(17)13-8-10-4-1-2-6-12(10)15(13)11-5-3-7-18-9-11/h10-13H,1-9H2,(H,16,17). The van der Waals surface area contributed by atoms with Crippen LogP contribution in [0.25, 0.3) is 0 Å². The summed E-state index contributed by atoms with van der Waals surface area (Å²) in [7, 11) is 0. The van der Waals surface area contributed by atoms with E-state index in [-0.39, 0.29) is 6.04 Å². The summed E-state index contributed by atoms with van der Waals surface area (Å²) >= 11 is 2.01. The Bertz CT molecular complexity index is 317. The zero-order chi connectivity index (χ0) is 12.5. The fourth-order valence-corrected chi connectivity index (χ4v) is 5.36. The number of aliphatic carboxylic acids is 1. The van der Waals surface area contributed by atoms with E-state index in [1.165, 1.54) is 44.3 Å². The van der Waals surface area contributed by atoms with Crippen LogP contribution in [0, 0.1) is 5.92 Å². The van der Waals surface area contributed by atoms with Crippen molar-refractivity contribution in [3.8, 4) is 0 Å². The topological polar surface area (TPSA) is 40.5 Å². The largest absolute Gasteiger partial charge is 0.480 e. The zero-order valence-corrected chi connectivity index (χ0v) is 11.7. The first-order chi connectivity index (χ1) is 8.77. The molecule has 0 bridgehead atoms. The van der Waals surface area contributed by atoms with Gasteiger partial charge in [0.05, 0.1) is 0 Å². The number of nitrogens with zero attached hydrogens (tertiary/aromatic N) is 1. The first-order valence-corrected chi connectivity index (χ1v) is 8.51. The molecule has 4 unspecified atom stereocenters. The smallest absolute Gasteiger partial charge is 0.320 e. The molecule has 3 aliphatic rings.